The molecular formula is C10H20N2O. The molecule has 2 rings (SSSR count). The third-order valence-electron chi connectivity index (χ3n) is 3.34. The zero-order valence-corrected chi connectivity index (χ0v) is 8.21. The summed E-state index contributed by atoms with van der Waals surface area (Å²) in [4.78, 5) is 2.37. The summed E-state index contributed by atoms with van der Waals surface area (Å²) in [5, 5.41) is 10.2. The van der Waals surface area contributed by atoms with Crippen LogP contribution in [0.1, 0.15) is 32.1 Å². The first-order chi connectivity index (χ1) is 6.18. The number of hydrogen-bond acceptors (Lipinski definition) is 3. The molecule has 3 nitrogen and oxygen atoms in total. The van der Waals surface area contributed by atoms with Gasteiger partial charge in [0.1, 0.15) is 0 Å². The third-order valence-corrected chi connectivity index (χ3v) is 3.34. The second-order valence-electron chi connectivity index (χ2n) is 4.71. The van der Waals surface area contributed by atoms with E-state index in [1.54, 1.807) is 0 Å². The zero-order chi connectivity index (χ0) is 9.31. The molecule has 1 heterocycles. The van der Waals surface area contributed by atoms with Gasteiger partial charge in [-0.3, -0.25) is 0 Å². The van der Waals surface area contributed by atoms with Crippen molar-refractivity contribution in [2.24, 2.45) is 5.73 Å². The fraction of sp³-hybridized carbons (Fsp3) is 1.00. The summed E-state index contributed by atoms with van der Waals surface area (Å²) in [5.74, 6) is 0. The van der Waals surface area contributed by atoms with Crippen molar-refractivity contribution in [1.82, 2.24) is 4.90 Å². The van der Waals surface area contributed by atoms with E-state index in [9.17, 15) is 5.11 Å². The molecule has 0 aromatic carbocycles. The largest absolute Gasteiger partial charge is 0.388 e. The van der Waals surface area contributed by atoms with Crippen molar-refractivity contribution < 1.29 is 5.11 Å². The van der Waals surface area contributed by atoms with Crippen LogP contribution in [0.3, 0.4) is 0 Å². The van der Waals surface area contributed by atoms with Gasteiger partial charge in [0.15, 0.2) is 0 Å². The molecule has 0 aromatic rings. The van der Waals surface area contributed by atoms with Gasteiger partial charge in [-0.05, 0) is 45.2 Å². The summed E-state index contributed by atoms with van der Waals surface area (Å²) < 4.78 is 0. The van der Waals surface area contributed by atoms with Crippen LogP contribution in [0.25, 0.3) is 0 Å². The number of likely N-dealkylation sites (tertiary alicyclic amines) is 1. The molecule has 1 aliphatic heterocycles. The minimum atomic E-state index is -0.468. The van der Waals surface area contributed by atoms with Crippen LogP contribution in [0.2, 0.25) is 0 Å². The van der Waals surface area contributed by atoms with Gasteiger partial charge in [-0.1, -0.05) is 0 Å². The van der Waals surface area contributed by atoms with E-state index >= 15 is 0 Å². The topological polar surface area (TPSA) is 49.5 Å². The van der Waals surface area contributed by atoms with E-state index in [0.717, 1.165) is 38.9 Å². The van der Waals surface area contributed by atoms with Crippen LogP contribution in [0.15, 0.2) is 0 Å². The van der Waals surface area contributed by atoms with Crippen LogP contribution >= 0.6 is 0 Å². The van der Waals surface area contributed by atoms with Gasteiger partial charge in [-0.25, -0.2) is 0 Å². The molecule has 2 atom stereocenters. The SMILES string of the molecule is NC1CCC(O)(CN2CCCC2)C1. The Hall–Kier alpha value is -0.120. The Morgan fingerprint density at radius 2 is 2.08 bits per heavy atom. The Labute approximate surface area is 79.9 Å². The third kappa shape index (κ3) is 2.22. The molecule has 3 N–H and O–H groups in total. The van der Waals surface area contributed by atoms with Crippen molar-refractivity contribution in [3.05, 3.63) is 0 Å². The molecule has 1 saturated heterocycles. The average molecular weight is 184 g/mol. The number of nitrogens with two attached hydrogens (primary N) is 1. The average Bonchev–Trinajstić information content (AvgIpc) is 2.62. The molecule has 1 aliphatic carbocycles. The molecule has 2 aliphatic rings. The Kier molecular flexibility index (Phi) is 2.58. The van der Waals surface area contributed by atoms with E-state index in [1.807, 2.05) is 0 Å². The van der Waals surface area contributed by atoms with E-state index in [2.05, 4.69) is 4.90 Å². The fourth-order valence-electron chi connectivity index (χ4n) is 2.65. The first-order valence-corrected chi connectivity index (χ1v) is 5.38. The van der Waals surface area contributed by atoms with Gasteiger partial charge in [-0.15, -0.1) is 0 Å². The fourth-order valence-corrected chi connectivity index (χ4v) is 2.65. The minimum Gasteiger partial charge on any atom is -0.388 e. The second kappa shape index (κ2) is 3.56. The highest BCUT2D eigenvalue weighted by molar-refractivity contribution is 4.93. The number of rotatable bonds is 2. The Morgan fingerprint density at radius 1 is 1.38 bits per heavy atom. The van der Waals surface area contributed by atoms with E-state index in [-0.39, 0.29) is 6.04 Å². The standard InChI is InChI=1S/C10H20N2O/c11-9-3-4-10(13,7-9)8-12-5-1-2-6-12/h9,13H,1-8,11H2. The van der Waals surface area contributed by atoms with E-state index in [0.29, 0.717) is 0 Å². The van der Waals surface area contributed by atoms with Crippen LogP contribution < -0.4 is 5.73 Å². The molecule has 0 spiro atoms. The Balaban J connectivity index is 1.85. The van der Waals surface area contributed by atoms with E-state index in [1.165, 1.54) is 12.8 Å². The highest BCUT2D eigenvalue weighted by Gasteiger charge is 2.37. The lowest BCUT2D eigenvalue weighted by Crippen LogP contribution is -2.40. The van der Waals surface area contributed by atoms with Gasteiger partial charge >= 0.3 is 0 Å². The van der Waals surface area contributed by atoms with Crippen molar-refractivity contribution in [2.45, 2.75) is 43.7 Å². The summed E-state index contributed by atoms with van der Waals surface area (Å²) in [5.41, 5.74) is 5.34. The molecule has 13 heavy (non-hydrogen) atoms. The van der Waals surface area contributed by atoms with Gasteiger partial charge in [0, 0.05) is 12.6 Å². The van der Waals surface area contributed by atoms with Crippen LogP contribution in [-0.4, -0.2) is 41.3 Å². The van der Waals surface area contributed by atoms with Gasteiger partial charge in [0.25, 0.3) is 0 Å². The van der Waals surface area contributed by atoms with Crippen LogP contribution in [0, 0.1) is 0 Å². The van der Waals surface area contributed by atoms with Gasteiger partial charge in [0.2, 0.25) is 0 Å². The van der Waals surface area contributed by atoms with Gasteiger partial charge in [0.05, 0.1) is 5.60 Å². The summed E-state index contributed by atoms with van der Waals surface area (Å²) >= 11 is 0. The number of β-amino-alcohol motifs (C(OH)–C–C–N with tert-alkyl or cyclic N) is 1. The van der Waals surface area contributed by atoms with Gasteiger partial charge < -0.3 is 15.7 Å². The molecule has 0 aromatic heterocycles. The van der Waals surface area contributed by atoms with E-state index < -0.39 is 5.60 Å². The van der Waals surface area contributed by atoms with Gasteiger partial charge in [-0.2, -0.15) is 0 Å². The maximum Gasteiger partial charge on any atom is 0.0789 e. The van der Waals surface area contributed by atoms with Crippen molar-refractivity contribution in [2.75, 3.05) is 19.6 Å². The Morgan fingerprint density at radius 3 is 2.62 bits per heavy atom. The van der Waals surface area contributed by atoms with Crippen LogP contribution in [-0.2, 0) is 0 Å². The lowest BCUT2D eigenvalue weighted by molar-refractivity contribution is 0.0147. The number of aliphatic hydroxyl groups is 1. The lowest BCUT2D eigenvalue weighted by atomic mass is 10.0. The first kappa shape index (κ1) is 9.44. The van der Waals surface area contributed by atoms with Crippen LogP contribution in [0.5, 0.6) is 0 Å². The molecular weight excluding hydrogens is 164 g/mol. The maximum atomic E-state index is 10.2. The molecule has 76 valence electrons. The van der Waals surface area contributed by atoms with Crippen molar-refractivity contribution in [3.8, 4) is 0 Å². The molecule has 0 amide bonds. The highest BCUT2D eigenvalue weighted by Crippen LogP contribution is 2.30. The number of hydrogen-bond donors (Lipinski definition) is 2. The van der Waals surface area contributed by atoms with Crippen LogP contribution in [0.4, 0.5) is 0 Å². The monoisotopic (exact) mass is 184 g/mol. The molecule has 3 heteroatoms. The smallest absolute Gasteiger partial charge is 0.0789 e. The molecule has 0 bridgehead atoms. The predicted octanol–water partition coefficient (Wildman–Crippen LogP) is 0.324. The summed E-state index contributed by atoms with van der Waals surface area (Å²) in [6, 6.07) is 0.229. The summed E-state index contributed by atoms with van der Waals surface area (Å²) in [6.45, 7) is 3.18. The number of nitrogens with zero attached hydrogens (tertiary/aromatic N) is 1. The lowest BCUT2D eigenvalue weighted by Gasteiger charge is -2.28. The Bertz CT molecular complexity index is 180. The molecule has 0 radical (unpaired) electrons. The minimum absolute atomic E-state index is 0.229. The normalized spacial score (nSPS) is 41.5. The summed E-state index contributed by atoms with van der Waals surface area (Å²) in [6.07, 6.45) is 5.27. The van der Waals surface area contributed by atoms with Crippen molar-refractivity contribution in [1.29, 1.82) is 0 Å². The highest BCUT2D eigenvalue weighted by atomic mass is 16.3. The predicted molar refractivity (Wildman–Crippen MR) is 52.5 cm³/mol. The maximum absolute atomic E-state index is 10.2. The second-order valence-corrected chi connectivity index (χ2v) is 4.71. The molecule has 2 fully saturated rings. The zero-order valence-electron chi connectivity index (χ0n) is 8.21. The van der Waals surface area contributed by atoms with Crippen molar-refractivity contribution >= 4 is 0 Å². The van der Waals surface area contributed by atoms with Crippen molar-refractivity contribution in [3.63, 3.8) is 0 Å². The summed E-state index contributed by atoms with van der Waals surface area (Å²) in [7, 11) is 0. The molecule has 2 unspecified atom stereocenters. The molecule has 1 saturated carbocycles. The quantitative estimate of drug-likeness (QED) is 0.650. The van der Waals surface area contributed by atoms with E-state index in [4.69, 9.17) is 5.73 Å². The first-order valence-electron chi connectivity index (χ1n) is 5.38.